The summed E-state index contributed by atoms with van der Waals surface area (Å²) in [6.45, 7) is 4.15. The van der Waals surface area contributed by atoms with E-state index in [-0.39, 0.29) is 11.8 Å². The molecule has 0 aliphatic carbocycles. The third-order valence-electron chi connectivity index (χ3n) is 7.36. The van der Waals surface area contributed by atoms with Crippen molar-refractivity contribution in [2.45, 2.75) is 12.3 Å². The maximum atomic E-state index is 13.9. The van der Waals surface area contributed by atoms with Crippen LogP contribution in [0.4, 0.5) is 15.8 Å². The van der Waals surface area contributed by atoms with E-state index in [4.69, 9.17) is 14.5 Å². The highest BCUT2D eigenvalue weighted by Crippen LogP contribution is 2.39. The summed E-state index contributed by atoms with van der Waals surface area (Å²) in [5, 5.41) is 2.79. The number of piperazine rings is 1. The zero-order valence-electron chi connectivity index (χ0n) is 21.7. The van der Waals surface area contributed by atoms with E-state index in [2.05, 4.69) is 17.3 Å². The number of hydrogen-bond donors (Lipinski definition) is 1. The molecule has 9 heteroatoms. The minimum atomic E-state index is -0.735. The van der Waals surface area contributed by atoms with Gasteiger partial charge in [0.15, 0.2) is 11.5 Å². The van der Waals surface area contributed by atoms with Crippen LogP contribution in [0, 0.1) is 5.82 Å². The molecule has 1 N–H and O–H groups in total. The highest BCUT2D eigenvalue weighted by molar-refractivity contribution is 6.24. The molecule has 1 unspecified atom stereocenters. The molecule has 3 aromatic carbocycles. The average molecular weight is 529 g/mol. The van der Waals surface area contributed by atoms with Crippen LogP contribution in [0.1, 0.15) is 22.6 Å². The van der Waals surface area contributed by atoms with Crippen molar-refractivity contribution >= 4 is 28.9 Å². The number of rotatable bonds is 5. The molecule has 2 amide bonds. The second-order valence-electron chi connectivity index (χ2n) is 10.0. The van der Waals surface area contributed by atoms with E-state index in [0.29, 0.717) is 59.3 Å². The van der Waals surface area contributed by atoms with Crippen molar-refractivity contribution < 1.29 is 23.5 Å². The summed E-state index contributed by atoms with van der Waals surface area (Å²) >= 11 is 0. The topological polar surface area (TPSA) is 83.5 Å². The Kier molecular flexibility index (Phi) is 6.74. The molecule has 200 valence electrons. The lowest BCUT2D eigenvalue weighted by Crippen LogP contribution is -2.47. The number of benzene rings is 3. The number of anilines is 1. The number of halogens is 1. The van der Waals surface area contributed by atoms with E-state index in [1.807, 2.05) is 47.4 Å². The van der Waals surface area contributed by atoms with Crippen LogP contribution in [0.15, 0.2) is 65.7 Å². The third kappa shape index (κ3) is 5.22. The van der Waals surface area contributed by atoms with Gasteiger partial charge in [-0.15, -0.1) is 0 Å². The summed E-state index contributed by atoms with van der Waals surface area (Å²) in [4.78, 5) is 35.0. The molecule has 0 spiro atoms. The first-order valence-electron chi connectivity index (χ1n) is 13.1. The normalized spacial score (nSPS) is 19.0. The van der Waals surface area contributed by atoms with Crippen LogP contribution in [0.3, 0.4) is 0 Å². The molecule has 0 aromatic heterocycles. The number of nitrogens with one attached hydrogen (secondary N) is 1. The van der Waals surface area contributed by atoms with Gasteiger partial charge in [-0.2, -0.15) is 0 Å². The van der Waals surface area contributed by atoms with Gasteiger partial charge in [0.25, 0.3) is 0 Å². The molecular weight excluding hydrogens is 499 g/mol. The van der Waals surface area contributed by atoms with Crippen molar-refractivity contribution in [3.8, 4) is 11.5 Å². The van der Waals surface area contributed by atoms with Gasteiger partial charge in [-0.1, -0.05) is 18.2 Å². The summed E-state index contributed by atoms with van der Waals surface area (Å²) in [5.74, 6) is -0.101. The van der Waals surface area contributed by atoms with E-state index in [1.165, 1.54) is 12.1 Å². The highest BCUT2D eigenvalue weighted by Gasteiger charge is 2.36. The summed E-state index contributed by atoms with van der Waals surface area (Å²) in [5.41, 5.74) is 3.84. The van der Waals surface area contributed by atoms with Crippen molar-refractivity contribution in [3.63, 3.8) is 0 Å². The zero-order chi connectivity index (χ0) is 26.9. The fourth-order valence-electron chi connectivity index (χ4n) is 5.17. The van der Waals surface area contributed by atoms with Crippen molar-refractivity contribution in [1.82, 2.24) is 9.80 Å². The molecule has 8 nitrogen and oxygen atoms in total. The van der Waals surface area contributed by atoms with Crippen molar-refractivity contribution in [3.05, 3.63) is 83.2 Å². The molecule has 0 radical (unpaired) electrons. The molecule has 6 rings (SSSR count). The number of nitrogens with zero attached hydrogens (tertiary/aromatic N) is 3. The van der Waals surface area contributed by atoms with Gasteiger partial charge < -0.3 is 24.6 Å². The second kappa shape index (κ2) is 10.5. The van der Waals surface area contributed by atoms with E-state index in [1.54, 1.807) is 6.07 Å². The minimum absolute atomic E-state index is 0.114. The maximum absolute atomic E-state index is 13.9. The van der Waals surface area contributed by atoms with Gasteiger partial charge in [0.1, 0.15) is 24.9 Å². The summed E-state index contributed by atoms with van der Waals surface area (Å²) in [6, 6.07) is 17.3. The summed E-state index contributed by atoms with van der Waals surface area (Å²) in [6.07, 6.45) is 0.326. The summed E-state index contributed by atoms with van der Waals surface area (Å²) in [7, 11) is 2.06. The van der Waals surface area contributed by atoms with Crippen LogP contribution in [-0.2, 0) is 16.0 Å². The van der Waals surface area contributed by atoms with Crippen LogP contribution in [0.25, 0.3) is 0 Å². The Morgan fingerprint density at radius 3 is 2.49 bits per heavy atom. The molecule has 3 aliphatic rings. The zero-order valence-corrected chi connectivity index (χ0v) is 21.7. The smallest absolute Gasteiger partial charge is 0.238 e. The number of ether oxygens (including phenoxy) is 2. The van der Waals surface area contributed by atoms with Gasteiger partial charge in [0.2, 0.25) is 11.8 Å². The Morgan fingerprint density at radius 2 is 1.72 bits per heavy atom. The fraction of sp³-hybridized carbons (Fsp3) is 0.300. The van der Waals surface area contributed by atoms with Crippen LogP contribution in [-0.4, -0.2) is 73.8 Å². The lowest BCUT2D eigenvalue weighted by Gasteiger charge is -2.32. The first-order valence-corrected chi connectivity index (χ1v) is 13.1. The maximum Gasteiger partial charge on any atom is 0.238 e. The standard InChI is InChI=1S/C30H29FN4O4/c1-34-10-12-35(13-11-34)27(36)16-19-2-6-22(7-3-19)32-29(20-4-9-25-26(17-20)39-15-14-38-25)28-23-8-5-21(31)18-24(23)33-30(28)37/h2-9,17-18,28H,10-16H2,1H3,(H,33,37). The number of fused-ring (bicyclic) bond motifs is 2. The Hall–Kier alpha value is -4.24. The lowest BCUT2D eigenvalue weighted by atomic mass is 9.90. The largest absolute Gasteiger partial charge is 0.486 e. The monoisotopic (exact) mass is 528 g/mol. The molecule has 1 fully saturated rings. The van der Waals surface area contributed by atoms with Crippen LogP contribution < -0.4 is 14.8 Å². The molecule has 1 saturated heterocycles. The van der Waals surface area contributed by atoms with Crippen LogP contribution >= 0.6 is 0 Å². The van der Waals surface area contributed by atoms with Gasteiger partial charge >= 0.3 is 0 Å². The number of hydrogen-bond acceptors (Lipinski definition) is 6. The first-order chi connectivity index (χ1) is 18.9. The predicted molar refractivity (Wildman–Crippen MR) is 146 cm³/mol. The number of carbonyl (C=O) groups excluding carboxylic acids is 2. The Bertz CT molecular complexity index is 1450. The molecule has 0 bridgehead atoms. The quantitative estimate of drug-likeness (QED) is 0.510. The van der Waals surface area contributed by atoms with E-state index < -0.39 is 11.7 Å². The molecule has 3 aliphatic heterocycles. The first kappa shape index (κ1) is 25.1. The number of aliphatic imine (C=N–C) groups is 1. The Labute approximate surface area is 226 Å². The van der Waals surface area contributed by atoms with Crippen LogP contribution in [0.5, 0.6) is 11.5 Å². The Morgan fingerprint density at radius 1 is 0.974 bits per heavy atom. The highest BCUT2D eigenvalue weighted by atomic mass is 19.1. The minimum Gasteiger partial charge on any atom is -0.486 e. The van der Waals surface area contributed by atoms with E-state index in [0.717, 1.165) is 31.7 Å². The predicted octanol–water partition coefficient (Wildman–Crippen LogP) is 3.77. The molecule has 3 heterocycles. The molecule has 1 atom stereocenters. The second-order valence-corrected chi connectivity index (χ2v) is 10.0. The van der Waals surface area contributed by atoms with Gasteiger partial charge in [-0.25, -0.2) is 4.39 Å². The SMILES string of the molecule is CN1CCN(C(=O)Cc2ccc(N=C(c3ccc4c(c3)OCCO4)C3C(=O)Nc4cc(F)ccc43)cc2)CC1. The third-order valence-corrected chi connectivity index (χ3v) is 7.36. The number of amides is 2. The van der Waals surface area contributed by atoms with Gasteiger partial charge in [-0.05, 0) is 60.6 Å². The molecule has 3 aromatic rings. The van der Waals surface area contributed by atoms with Gasteiger partial charge in [0, 0.05) is 37.4 Å². The molecular formula is C30H29FN4O4. The number of carbonyl (C=O) groups is 2. The van der Waals surface area contributed by atoms with Crippen molar-refractivity contribution in [2.24, 2.45) is 4.99 Å². The van der Waals surface area contributed by atoms with E-state index >= 15 is 0 Å². The lowest BCUT2D eigenvalue weighted by molar-refractivity contribution is -0.132. The molecule has 0 saturated carbocycles. The van der Waals surface area contributed by atoms with E-state index in [9.17, 15) is 14.0 Å². The van der Waals surface area contributed by atoms with Crippen molar-refractivity contribution in [2.75, 3.05) is 51.8 Å². The van der Waals surface area contributed by atoms with Gasteiger partial charge in [0.05, 0.1) is 17.8 Å². The number of likely N-dealkylation sites (N-methyl/N-ethyl adjacent to an activating group) is 1. The van der Waals surface area contributed by atoms with Gasteiger partial charge in [-0.3, -0.25) is 14.6 Å². The average Bonchev–Trinajstić information content (AvgIpc) is 3.27. The van der Waals surface area contributed by atoms with Crippen molar-refractivity contribution in [1.29, 1.82) is 0 Å². The molecule has 39 heavy (non-hydrogen) atoms. The fourth-order valence-corrected chi connectivity index (χ4v) is 5.17. The Balaban J connectivity index is 1.31. The summed E-state index contributed by atoms with van der Waals surface area (Å²) < 4.78 is 25.3. The van der Waals surface area contributed by atoms with Crippen LogP contribution in [0.2, 0.25) is 0 Å².